The molecule has 1 aromatic heterocycles. The quantitative estimate of drug-likeness (QED) is 0.162. The highest BCUT2D eigenvalue weighted by Gasteiger charge is 2.21. The van der Waals surface area contributed by atoms with E-state index in [0.29, 0.717) is 16.7 Å². The Bertz CT molecular complexity index is 2730. The van der Waals surface area contributed by atoms with Crippen molar-refractivity contribution in [3.8, 4) is 22.3 Å². The van der Waals surface area contributed by atoms with E-state index in [-0.39, 0.29) is 29.7 Å². The maximum Gasteiger partial charge on any atom is 0.143 e. The summed E-state index contributed by atoms with van der Waals surface area (Å²) in [5, 5.41) is 10.3. The van der Waals surface area contributed by atoms with Gasteiger partial charge in [-0.25, -0.2) is 0 Å². The Labute approximate surface area is 243 Å². The average molecular weight is 526 g/mol. The second-order valence-corrected chi connectivity index (χ2v) is 10.5. The Morgan fingerprint density at radius 2 is 1.12 bits per heavy atom. The van der Waals surface area contributed by atoms with Crippen molar-refractivity contribution in [2.24, 2.45) is 0 Å². The first kappa shape index (κ1) is 18.0. The lowest BCUT2D eigenvalue weighted by Gasteiger charge is -2.15. The SMILES string of the molecule is [2H]c1c([2H])c([2H])c(-c2c3ccccc3cc3c2oc2cccc(-c4c5ccccc5cc5c4ccc4ccccc45)c23)c([2H])c1[2H]. The van der Waals surface area contributed by atoms with Crippen LogP contribution in [0.3, 0.4) is 0 Å². The van der Waals surface area contributed by atoms with Crippen LogP contribution in [0.4, 0.5) is 0 Å². The first-order chi connectivity index (χ1) is 22.4. The fourth-order valence-corrected chi connectivity index (χ4v) is 6.57. The van der Waals surface area contributed by atoms with Crippen molar-refractivity contribution in [1.29, 1.82) is 0 Å². The fourth-order valence-electron chi connectivity index (χ4n) is 6.57. The highest BCUT2D eigenvalue weighted by Crippen LogP contribution is 2.47. The number of rotatable bonds is 2. The van der Waals surface area contributed by atoms with E-state index < -0.39 is 6.04 Å². The number of furan rings is 1. The molecular formula is C40H24O. The summed E-state index contributed by atoms with van der Waals surface area (Å²) in [6.45, 7) is 0. The molecular weight excluding hydrogens is 496 g/mol. The third kappa shape index (κ3) is 3.24. The van der Waals surface area contributed by atoms with Crippen LogP contribution in [0, 0.1) is 0 Å². The molecule has 9 aromatic rings. The van der Waals surface area contributed by atoms with Gasteiger partial charge in [-0.15, -0.1) is 0 Å². The van der Waals surface area contributed by atoms with E-state index in [2.05, 4.69) is 78.9 Å². The molecule has 0 aliphatic heterocycles. The van der Waals surface area contributed by atoms with Gasteiger partial charge in [-0.3, -0.25) is 0 Å². The van der Waals surface area contributed by atoms with Gasteiger partial charge in [0.2, 0.25) is 0 Å². The molecule has 0 bridgehead atoms. The zero-order chi connectivity index (χ0) is 31.3. The van der Waals surface area contributed by atoms with Gasteiger partial charge >= 0.3 is 0 Å². The molecule has 1 heteroatoms. The largest absolute Gasteiger partial charge is 0.455 e. The maximum absolute atomic E-state index is 8.87. The normalized spacial score (nSPS) is 13.6. The van der Waals surface area contributed by atoms with Crippen LogP contribution in [-0.4, -0.2) is 0 Å². The maximum atomic E-state index is 8.87. The summed E-state index contributed by atoms with van der Waals surface area (Å²) in [6, 6.07) is 37.8. The van der Waals surface area contributed by atoms with Gasteiger partial charge in [-0.1, -0.05) is 127 Å². The smallest absolute Gasteiger partial charge is 0.143 e. The van der Waals surface area contributed by atoms with Crippen molar-refractivity contribution in [3.63, 3.8) is 0 Å². The summed E-state index contributed by atoms with van der Waals surface area (Å²) in [7, 11) is 0. The molecule has 0 saturated heterocycles. The van der Waals surface area contributed by atoms with E-state index in [1.807, 2.05) is 36.4 Å². The van der Waals surface area contributed by atoms with Gasteiger partial charge in [-0.2, -0.15) is 0 Å². The van der Waals surface area contributed by atoms with Crippen molar-refractivity contribution >= 4 is 65.0 Å². The van der Waals surface area contributed by atoms with Gasteiger partial charge in [-0.05, 0) is 78.0 Å². The molecule has 190 valence electrons. The molecule has 0 atom stereocenters. The lowest BCUT2D eigenvalue weighted by molar-refractivity contribution is 0.670. The number of hydrogen-bond acceptors (Lipinski definition) is 1. The van der Waals surface area contributed by atoms with Gasteiger partial charge in [0.05, 0.1) is 6.85 Å². The Kier molecular flexibility index (Phi) is 3.76. The summed E-state index contributed by atoms with van der Waals surface area (Å²) < 4.78 is 49.5. The molecule has 8 aromatic carbocycles. The van der Waals surface area contributed by atoms with Crippen LogP contribution in [0.2, 0.25) is 0 Å². The fraction of sp³-hybridized carbons (Fsp3) is 0. The van der Waals surface area contributed by atoms with Gasteiger partial charge in [0, 0.05) is 16.3 Å². The van der Waals surface area contributed by atoms with E-state index in [9.17, 15) is 0 Å². The molecule has 0 aliphatic rings. The number of benzene rings is 8. The topological polar surface area (TPSA) is 13.1 Å². The van der Waals surface area contributed by atoms with E-state index >= 15 is 0 Å². The zero-order valence-corrected chi connectivity index (χ0v) is 21.9. The van der Waals surface area contributed by atoms with E-state index in [4.69, 9.17) is 11.3 Å². The van der Waals surface area contributed by atoms with Crippen LogP contribution < -0.4 is 0 Å². The minimum absolute atomic E-state index is 0.135. The zero-order valence-electron chi connectivity index (χ0n) is 26.9. The highest BCUT2D eigenvalue weighted by atomic mass is 16.3. The summed E-state index contributed by atoms with van der Waals surface area (Å²) in [5.74, 6) is 0. The van der Waals surface area contributed by atoms with Gasteiger partial charge in [0.25, 0.3) is 0 Å². The monoisotopic (exact) mass is 525 g/mol. The lowest BCUT2D eigenvalue weighted by Crippen LogP contribution is -1.88. The van der Waals surface area contributed by atoms with Crippen molar-refractivity contribution < 1.29 is 11.3 Å². The molecule has 0 unspecified atom stereocenters. The number of fused-ring (bicyclic) bond motifs is 8. The van der Waals surface area contributed by atoms with Crippen molar-refractivity contribution in [3.05, 3.63) is 145 Å². The molecule has 0 N–H and O–H groups in total. The van der Waals surface area contributed by atoms with Gasteiger partial charge in [0.15, 0.2) is 0 Å². The molecule has 0 amide bonds. The first-order valence-corrected chi connectivity index (χ1v) is 13.7. The van der Waals surface area contributed by atoms with Gasteiger partial charge < -0.3 is 4.42 Å². The second-order valence-electron chi connectivity index (χ2n) is 10.5. The van der Waals surface area contributed by atoms with Crippen LogP contribution in [0.1, 0.15) is 6.85 Å². The summed E-state index contributed by atoms with van der Waals surface area (Å²) in [4.78, 5) is 0. The van der Waals surface area contributed by atoms with Crippen LogP contribution in [0.25, 0.3) is 87.3 Å². The Morgan fingerprint density at radius 1 is 0.463 bits per heavy atom. The molecule has 41 heavy (non-hydrogen) atoms. The molecule has 1 heterocycles. The molecule has 9 rings (SSSR count). The van der Waals surface area contributed by atoms with Crippen LogP contribution in [-0.2, 0) is 0 Å². The predicted molar refractivity (Wildman–Crippen MR) is 175 cm³/mol. The third-order valence-electron chi connectivity index (χ3n) is 8.30. The van der Waals surface area contributed by atoms with E-state index in [1.165, 1.54) is 16.2 Å². The lowest BCUT2D eigenvalue weighted by atomic mass is 9.87. The minimum atomic E-state index is -0.419. The Balaban J connectivity index is 1.49. The predicted octanol–water partition coefficient (Wildman–Crippen LogP) is 11.5. The minimum Gasteiger partial charge on any atom is -0.455 e. The van der Waals surface area contributed by atoms with Crippen LogP contribution in [0.5, 0.6) is 0 Å². The van der Waals surface area contributed by atoms with Crippen molar-refractivity contribution in [1.82, 2.24) is 0 Å². The summed E-state index contributed by atoms with van der Waals surface area (Å²) in [5.41, 5.74) is 3.91. The second kappa shape index (κ2) is 8.55. The first-order valence-electron chi connectivity index (χ1n) is 16.2. The van der Waals surface area contributed by atoms with E-state index in [1.54, 1.807) is 0 Å². The van der Waals surface area contributed by atoms with E-state index in [0.717, 1.165) is 48.8 Å². The Hall–Kier alpha value is -5.40. The van der Waals surface area contributed by atoms with Crippen molar-refractivity contribution in [2.75, 3.05) is 0 Å². The Morgan fingerprint density at radius 3 is 1.90 bits per heavy atom. The summed E-state index contributed by atoms with van der Waals surface area (Å²) in [6.07, 6.45) is 0. The highest BCUT2D eigenvalue weighted by molar-refractivity contribution is 6.27. The van der Waals surface area contributed by atoms with Gasteiger partial charge in [0.1, 0.15) is 11.2 Å². The molecule has 0 aliphatic carbocycles. The molecule has 0 fully saturated rings. The molecule has 0 radical (unpaired) electrons. The molecule has 0 saturated carbocycles. The molecule has 1 nitrogen and oxygen atoms in total. The third-order valence-corrected chi connectivity index (χ3v) is 8.30. The summed E-state index contributed by atoms with van der Waals surface area (Å²) >= 11 is 0. The van der Waals surface area contributed by atoms with Crippen molar-refractivity contribution in [2.45, 2.75) is 0 Å². The van der Waals surface area contributed by atoms with Crippen LogP contribution >= 0.6 is 0 Å². The molecule has 0 spiro atoms. The number of hydrogen-bond donors (Lipinski definition) is 0. The van der Waals surface area contributed by atoms with Crippen LogP contribution in [0.15, 0.2) is 150 Å². The standard InChI is InChI=1S/C40H24O/c1-2-12-26(13-3-1)37-30-17-8-5-15-28(30)24-35-39-33(19-10-20-36(39)41-40(35)37)38-31-18-9-6-14-27(31)23-34-29-16-7-4-11-25(29)21-22-32(34)38/h1-24H/i1D,2D,3D,12D,13D. The average Bonchev–Trinajstić information content (AvgIpc) is 3.47.